The zero-order chi connectivity index (χ0) is 32.0. The topological polar surface area (TPSA) is 73.8 Å². The molecule has 4 atom stereocenters. The Balaban J connectivity index is 1.32. The standard InChI is InChI=1S/C35H33ClF3N5O2/c1-3-19-6-4-7-20-12-25(45)29(36)28(26(19)20)27-24(38)13-23-31(30(27)39)40-33(46-18-35-9-5-11-44(35)15-21(37)14-35)41-32(23)43-16-22-8-10-34(2,17-43)42-22/h1,4,6-7,12-13,21-22,42,45H,5,8-11,14-18H2,2H3/t21-,22-,34+,35+/m1/s1. The molecule has 4 aliphatic heterocycles. The lowest BCUT2D eigenvalue weighted by molar-refractivity contribution is 0.107. The Morgan fingerprint density at radius 2 is 2.04 bits per heavy atom. The van der Waals surface area contributed by atoms with Gasteiger partial charge in [-0.05, 0) is 62.7 Å². The zero-order valence-corrected chi connectivity index (χ0v) is 26.1. The van der Waals surface area contributed by atoms with E-state index in [1.54, 1.807) is 18.2 Å². The van der Waals surface area contributed by atoms with Crippen molar-refractivity contribution < 1.29 is 23.0 Å². The molecular weight excluding hydrogens is 615 g/mol. The fourth-order valence-electron chi connectivity index (χ4n) is 8.42. The van der Waals surface area contributed by atoms with E-state index in [0.717, 1.165) is 32.2 Å². The number of ether oxygens (including phenoxy) is 1. The molecule has 0 amide bonds. The predicted octanol–water partition coefficient (Wildman–Crippen LogP) is 6.35. The number of piperazine rings is 1. The van der Waals surface area contributed by atoms with Crippen molar-refractivity contribution in [2.45, 2.75) is 62.3 Å². The van der Waals surface area contributed by atoms with E-state index in [1.165, 1.54) is 12.1 Å². The number of halogens is 4. The molecule has 7 nitrogen and oxygen atoms in total. The van der Waals surface area contributed by atoms with Crippen molar-refractivity contribution in [3.63, 3.8) is 0 Å². The number of nitrogens with zero attached hydrogens (tertiary/aromatic N) is 4. The van der Waals surface area contributed by atoms with Gasteiger partial charge in [-0.25, -0.2) is 13.2 Å². The minimum atomic E-state index is -0.973. The van der Waals surface area contributed by atoms with Crippen molar-refractivity contribution in [2.75, 3.05) is 37.7 Å². The first-order valence-electron chi connectivity index (χ1n) is 15.7. The molecule has 46 heavy (non-hydrogen) atoms. The highest BCUT2D eigenvalue weighted by molar-refractivity contribution is 6.37. The van der Waals surface area contributed by atoms with Crippen LogP contribution >= 0.6 is 11.6 Å². The number of nitrogens with one attached hydrogen (secondary N) is 1. The van der Waals surface area contributed by atoms with Crippen LogP contribution in [0.3, 0.4) is 0 Å². The Morgan fingerprint density at radius 3 is 2.85 bits per heavy atom. The van der Waals surface area contributed by atoms with Gasteiger partial charge in [-0.2, -0.15) is 9.97 Å². The van der Waals surface area contributed by atoms with Gasteiger partial charge in [0.25, 0.3) is 0 Å². The summed E-state index contributed by atoms with van der Waals surface area (Å²) in [4.78, 5) is 13.5. The summed E-state index contributed by atoms with van der Waals surface area (Å²) < 4.78 is 54.1. The number of aromatic nitrogens is 2. The van der Waals surface area contributed by atoms with Crippen LogP contribution in [0.5, 0.6) is 11.8 Å². The lowest BCUT2D eigenvalue weighted by Gasteiger charge is -2.40. The number of terminal acetylenes is 1. The first kappa shape index (κ1) is 29.6. The maximum absolute atomic E-state index is 17.0. The van der Waals surface area contributed by atoms with E-state index in [-0.39, 0.29) is 51.4 Å². The fraction of sp³-hybridized carbons (Fsp3) is 0.429. The van der Waals surface area contributed by atoms with Crippen LogP contribution in [0.2, 0.25) is 5.02 Å². The fourth-order valence-corrected chi connectivity index (χ4v) is 8.66. The molecule has 0 aliphatic carbocycles. The van der Waals surface area contributed by atoms with Crippen LogP contribution in [0.1, 0.15) is 44.6 Å². The van der Waals surface area contributed by atoms with Gasteiger partial charge in [0, 0.05) is 59.5 Å². The molecule has 5 heterocycles. The second-order valence-corrected chi connectivity index (χ2v) is 14.0. The Kier molecular flexibility index (Phi) is 6.84. The smallest absolute Gasteiger partial charge is 0.319 e. The molecule has 0 radical (unpaired) electrons. The number of phenols is 1. The molecule has 2 N–H and O–H groups in total. The van der Waals surface area contributed by atoms with Crippen molar-refractivity contribution in [3.8, 4) is 35.2 Å². The van der Waals surface area contributed by atoms with Crippen molar-refractivity contribution in [1.29, 1.82) is 0 Å². The lowest BCUT2D eigenvalue weighted by Crippen LogP contribution is -2.58. The minimum Gasteiger partial charge on any atom is -0.506 e. The molecule has 2 bridgehead atoms. The van der Waals surface area contributed by atoms with E-state index in [1.807, 2.05) is 4.90 Å². The molecule has 3 aromatic carbocycles. The molecule has 4 saturated heterocycles. The number of hydrogen-bond donors (Lipinski definition) is 2. The van der Waals surface area contributed by atoms with E-state index in [9.17, 15) is 9.50 Å². The molecular formula is C35H33ClF3N5O2. The highest BCUT2D eigenvalue weighted by Crippen LogP contribution is 2.47. The summed E-state index contributed by atoms with van der Waals surface area (Å²) in [5.41, 5.74) is -0.937. The van der Waals surface area contributed by atoms with Crippen molar-refractivity contribution in [3.05, 3.63) is 52.6 Å². The first-order chi connectivity index (χ1) is 22.1. The Hall–Kier alpha value is -3.78. The van der Waals surface area contributed by atoms with Crippen molar-refractivity contribution in [1.82, 2.24) is 20.2 Å². The van der Waals surface area contributed by atoms with Crippen LogP contribution in [-0.2, 0) is 0 Å². The number of rotatable bonds is 5. The number of hydrogen-bond acceptors (Lipinski definition) is 7. The van der Waals surface area contributed by atoms with E-state index in [4.69, 9.17) is 27.7 Å². The summed E-state index contributed by atoms with van der Waals surface area (Å²) in [5, 5.41) is 15.1. The number of anilines is 1. The van der Waals surface area contributed by atoms with Gasteiger partial charge in [0.15, 0.2) is 5.82 Å². The Morgan fingerprint density at radius 1 is 1.20 bits per heavy atom. The van der Waals surface area contributed by atoms with Gasteiger partial charge in [-0.15, -0.1) is 6.42 Å². The predicted molar refractivity (Wildman–Crippen MR) is 172 cm³/mol. The zero-order valence-electron chi connectivity index (χ0n) is 25.3. The molecule has 4 fully saturated rings. The largest absolute Gasteiger partial charge is 0.506 e. The van der Waals surface area contributed by atoms with Crippen LogP contribution in [0.15, 0.2) is 30.3 Å². The molecule has 0 spiro atoms. The Bertz CT molecular complexity index is 1970. The van der Waals surface area contributed by atoms with E-state index < -0.39 is 28.9 Å². The first-order valence-corrected chi connectivity index (χ1v) is 16.1. The van der Waals surface area contributed by atoms with Crippen LogP contribution in [0, 0.1) is 24.0 Å². The maximum atomic E-state index is 17.0. The van der Waals surface area contributed by atoms with Gasteiger partial charge in [0.1, 0.15) is 35.7 Å². The van der Waals surface area contributed by atoms with Gasteiger partial charge in [-0.3, -0.25) is 4.90 Å². The number of phenolic OH excluding ortho intramolecular Hbond substituents is 1. The number of fused-ring (bicyclic) bond motifs is 5. The van der Waals surface area contributed by atoms with Crippen LogP contribution in [0.4, 0.5) is 19.0 Å². The minimum absolute atomic E-state index is 0.0575. The molecule has 0 saturated carbocycles. The third kappa shape index (κ3) is 4.58. The molecule has 4 aromatic rings. The second kappa shape index (κ2) is 10.6. The van der Waals surface area contributed by atoms with Crippen LogP contribution < -0.4 is 15.0 Å². The lowest BCUT2D eigenvalue weighted by atomic mass is 9.92. The molecule has 1 aromatic heterocycles. The van der Waals surface area contributed by atoms with E-state index in [0.29, 0.717) is 48.2 Å². The summed E-state index contributed by atoms with van der Waals surface area (Å²) in [6.07, 6.45) is 8.89. The average Bonchev–Trinajstić information content (AvgIpc) is 3.65. The van der Waals surface area contributed by atoms with E-state index >= 15 is 8.78 Å². The van der Waals surface area contributed by atoms with Crippen molar-refractivity contribution in [2.24, 2.45) is 0 Å². The van der Waals surface area contributed by atoms with Crippen LogP contribution in [-0.4, -0.2) is 76.1 Å². The van der Waals surface area contributed by atoms with Crippen molar-refractivity contribution >= 4 is 39.1 Å². The van der Waals surface area contributed by atoms with Gasteiger partial charge < -0.3 is 20.1 Å². The summed E-state index contributed by atoms with van der Waals surface area (Å²) in [6.45, 7) is 4.63. The summed E-state index contributed by atoms with van der Waals surface area (Å²) >= 11 is 6.59. The molecule has 238 valence electrons. The molecule has 0 unspecified atom stereocenters. The van der Waals surface area contributed by atoms with Gasteiger partial charge in [0.2, 0.25) is 0 Å². The Labute approximate surface area is 269 Å². The molecule has 4 aliphatic rings. The normalized spacial score (nSPS) is 27.4. The molecule has 8 rings (SSSR count). The summed E-state index contributed by atoms with van der Waals surface area (Å²) in [6, 6.07) is 7.83. The quantitative estimate of drug-likeness (QED) is 0.245. The number of alkyl halides is 1. The average molecular weight is 648 g/mol. The number of aromatic hydroxyl groups is 1. The summed E-state index contributed by atoms with van der Waals surface area (Å²) in [5.74, 6) is 0.739. The SMILES string of the molecule is C#Cc1cccc2cc(O)c(Cl)c(-c3c(F)cc4c(N5C[C@H]6CC[C@@](C)(C5)N6)nc(OC[C@@]56CCCN5C[C@H](F)C6)nc4c3F)c12. The summed E-state index contributed by atoms with van der Waals surface area (Å²) in [7, 11) is 0. The van der Waals surface area contributed by atoms with Gasteiger partial charge in [-0.1, -0.05) is 29.7 Å². The highest BCUT2D eigenvalue weighted by Gasteiger charge is 2.49. The van der Waals surface area contributed by atoms with E-state index in [2.05, 4.69) is 28.0 Å². The molecule has 11 heteroatoms. The van der Waals surface area contributed by atoms with Crippen LogP contribution in [0.25, 0.3) is 32.8 Å². The second-order valence-electron chi connectivity index (χ2n) is 13.6. The number of benzene rings is 3. The highest BCUT2D eigenvalue weighted by atomic mass is 35.5. The van der Waals surface area contributed by atoms with Gasteiger partial charge in [0.05, 0.1) is 16.1 Å². The van der Waals surface area contributed by atoms with Gasteiger partial charge >= 0.3 is 6.01 Å². The monoisotopic (exact) mass is 647 g/mol. The third-order valence-electron chi connectivity index (χ3n) is 10.4. The third-order valence-corrected chi connectivity index (χ3v) is 10.8. The maximum Gasteiger partial charge on any atom is 0.319 e.